The molecule has 0 spiro atoms. The van der Waals surface area contributed by atoms with Gasteiger partial charge < -0.3 is 16.4 Å². The molecule has 8 heteroatoms. The first-order valence-electron chi connectivity index (χ1n) is 11.2. The molecule has 0 atom stereocenters. The van der Waals surface area contributed by atoms with Crippen molar-refractivity contribution in [1.82, 2.24) is 15.6 Å². The van der Waals surface area contributed by atoms with E-state index in [4.69, 9.17) is 5.73 Å². The number of aliphatic imine (C=N–C) groups is 1. The van der Waals surface area contributed by atoms with Crippen molar-refractivity contribution in [2.75, 3.05) is 0 Å². The molecule has 0 aliphatic carbocycles. The third kappa shape index (κ3) is 6.14. The lowest BCUT2D eigenvalue weighted by molar-refractivity contribution is -0.137. The summed E-state index contributed by atoms with van der Waals surface area (Å²) in [5, 5.41) is 6.26. The van der Waals surface area contributed by atoms with E-state index in [2.05, 4.69) is 47.1 Å². The molecular formula is C26H30F3N5. The van der Waals surface area contributed by atoms with E-state index in [0.717, 1.165) is 18.2 Å². The molecule has 0 saturated carbocycles. The monoisotopic (exact) mass is 469 g/mol. The Bertz CT molecular complexity index is 1130. The van der Waals surface area contributed by atoms with Crippen LogP contribution in [-0.2, 0) is 19.3 Å². The summed E-state index contributed by atoms with van der Waals surface area (Å²) in [6, 6.07) is 7.68. The van der Waals surface area contributed by atoms with Gasteiger partial charge in [-0.2, -0.15) is 13.2 Å². The number of benzene rings is 1. The number of pyridine rings is 1. The predicted molar refractivity (Wildman–Crippen MR) is 130 cm³/mol. The van der Waals surface area contributed by atoms with Crippen molar-refractivity contribution in [2.45, 2.75) is 46.5 Å². The zero-order chi connectivity index (χ0) is 24.9. The highest BCUT2D eigenvalue weighted by Gasteiger charge is 2.35. The fourth-order valence-corrected chi connectivity index (χ4v) is 3.59. The number of nitrogens with zero attached hydrogens (tertiary/aromatic N) is 2. The topological polar surface area (TPSA) is 75.3 Å². The summed E-state index contributed by atoms with van der Waals surface area (Å²) in [6.07, 6.45) is 1.70. The third-order valence-corrected chi connectivity index (χ3v) is 5.34. The number of aromatic nitrogens is 1. The first-order chi connectivity index (χ1) is 16.1. The van der Waals surface area contributed by atoms with E-state index in [1.54, 1.807) is 24.4 Å². The number of hydrogen-bond acceptors (Lipinski definition) is 5. The number of amidine groups is 1. The lowest BCUT2D eigenvalue weighted by Crippen LogP contribution is -2.28. The Hall–Kier alpha value is -3.39. The van der Waals surface area contributed by atoms with Crippen molar-refractivity contribution in [2.24, 2.45) is 16.6 Å². The number of nitrogens with two attached hydrogens (primary N) is 1. The number of nitrogens with one attached hydrogen (secondary N) is 2. The molecule has 4 N–H and O–H groups in total. The van der Waals surface area contributed by atoms with Gasteiger partial charge in [-0.3, -0.25) is 4.98 Å². The Morgan fingerprint density at radius 1 is 1.24 bits per heavy atom. The van der Waals surface area contributed by atoms with Crippen LogP contribution in [0.1, 0.15) is 55.1 Å². The largest absolute Gasteiger partial charge is 0.417 e. The second-order valence-corrected chi connectivity index (χ2v) is 8.34. The number of hydrogen-bond donors (Lipinski definition) is 3. The number of allylic oxidation sites excluding steroid dienone is 3. The lowest BCUT2D eigenvalue weighted by atomic mass is 10.0. The van der Waals surface area contributed by atoms with Gasteiger partial charge in [0.25, 0.3) is 0 Å². The summed E-state index contributed by atoms with van der Waals surface area (Å²) in [4.78, 5) is 8.76. The van der Waals surface area contributed by atoms with Crippen molar-refractivity contribution in [3.8, 4) is 0 Å². The highest BCUT2D eigenvalue weighted by atomic mass is 19.4. The Balaban J connectivity index is 2.00. The van der Waals surface area contributed by atoms with Crippen LogP contribution >= 0.6 is 0 Å². The van der Waals surface area contributed by atoms with Gasteiger partial charge in [-0.1, -0.05) is 39.5 Å². The maximum Gasteiger partial charge on any atom is 0.417 e. The van der Waals surface area contributed by atoms with Gasteiger partial charge >= 0.3 is 6.18 Å². The van der Waals surface area contributed by atoms with Crippen LogP contribution in [0.4, 0.5) is 13.2 Å². The van der Waals surface area contributed by atoms with E-state index in [0.29, 0.717) is 41.3 Å². The van der Waals surface area contributed by atoms with Crippen LogP contribution in [0.5, 0.6) is 0 Å². The molecule has 2 heterocycles. The van der Waals surface area contributed by atoms with Gasteiger partial charge in [0.15, 0.2) is 0 Å². The SMILES string of the molecule is C=C1C=C(c2ccc(CN)nc2)N=C(c2cc(CN/C(=C\CC)C(C)C)ccc2C(F)(F)F)N1. The molecule has 1 aromatic heterocycles. The number of halogens is 3. The molecule has 1 aliphatic rings. The van der Waals surface area contributed by atoms with Gasteiger partial charge in [0.2, 0.25) is 0 Å². The van der Waals surface area contributed by atoms with E-state index in [-0.39, 0.29) is 17.3 Å². The van der Waals surface area contributed by atoms with Crippen molar-refractivity contribution >= 4 is 11.5 Å². The van der Waals surface area contributed by atoms with Crippen LogP contribution in [0.3, 0.4) is 0 Å². The molecule has 180 valence electrons. The van der Waals surface area contributed by atoms with Gasteiger partial charge in [-0.25, -0.2) is 4.99 Å². The molecular weight excluding hydrogens is 439 g/mol. The Labute approximate surface area is 198 Å². The molecule has 0 amide bonds. The minimum absolute atomic E-state index is 0.0318. The van der Waals surface area contributed by atoms with Crippen molar-refractivity contribution in [3.05, 3.63) is 94.6 Å². The average molecular weight is 470 g/mol. The van der Waals surface area contributed by atoms with Crippen LogP contribution in [0.15, 0.2) is 71.6 Å². The Morgan fingerprint density at radius 2 is 2.00 bits per heavy atom. The van der Waals surface area contributed by atoms with E-state index < -0.39 is 11.7 Å². The first-order valence-corrected chi connectivity index (χ1v) is 11.2. The van der Waals surface area contributed by atoms with Crippen LogP contribution in [-0.4, -0.2) is 10.8 Å². The summed E-state index contributed by atoms with van der Waals surface area (Å²) in [7, 11) is 0. The standard InChI is InChI=1S/C26H30F3N5/c1-5-6-23(16(2)3)32-14-18-7-10-22(26(27,28)29)21(12-18)25-33-17(4)11-24(34-25)19-8-9-20(13-30)31-15-19/h6-12,15-16,32H,4-5,13-14,30H2,1-3H3,(H,33,34)/b23-6-. The maximum atomic E-state index is 13.9. The minimum atomic E-state index is -4.54. The lowest BCUT2D eigenvalue weighted by Gasteiger charge is -2.21. The average Bonchev–Trinajstić information content (AvgIpc) is 2.80. The van der Waals surface area contributed by atoms with Crippen LogP contribution in [0, 0.1) is 5.92 Å². The molecule has 1 aliphatic heterocycles. The molecule has 0 fully saturated rings. The Morgan fingerprint density at radius 3 is 2.59 bits per heavy atom. The second-order valence-electron chi connectivity index (χ2n) is 8.34. The third-order valence-electron chi connectivity index (χ3n) is 5.34. The number of rotatable bonds is 8. The second kappa shape index (κ2) is 10.7. The summed E-state index contributed by atoms with van der Waals surface area (Å²) in [6.45, 7) is 10.8. The summed E-state index contributed by atoms with van der Waals surface area (Å²) >= 11 is 0. The van der Waals surface area contributed by atoms with Crippen LogP contribution < -0.4 is 16.4 Å². The zero-order valence-electron chi connectivity index (χ0n) is 19.6. The van der Waals surface area contributed by atoms with E-state index in [1.165, 1.54) is 12.1 Å². The molecule has 1 aromatic carbocycles. The molecule has 0 saturated heterocycles. The summed E-state index contributed by atoms with van der Waals surface area (Å²) < 4.78 is 41.7. The van der Waals surface area contributed by atoms with E-state index >= 15 is 0 Å². The first kappa shape index (κ1) is 25.2. The molecule has 34 heavy (non-hydrogen) atoms. The fourth-order valence-electron chi connectivity index (χ4n) is 3.59. The van der Waals surface area contributed by atoms with Gasteiger partial charge in [0.05, 0.1) is 17.0 Å². The van der Waals surface area contributed by atoms with Crippen molar-refractivity contribution in [1.29, 1.82) is 0 Å². The highest BCUT2D eigenvalue weighted by Crippen LogP contribution is 2.34. The molecule has 0 radical (unpaired) electrons. The van der Waals surface area contributed by atoms with Gasteiger partial charge in [0.1, 0.15) is 5.84 Å². The van der Waals surface area contributed by atoms with Crippen molar-refractivity contribution in [3.63, 3.8) is 0 Å². The smallest absolute Gasteiger partial charge is 0.384 e. The van der Waals surface area contributed by atoms with Gasteiger partial charge in [0, 0.05) is 41.8 Å². The quantitative estimate of drug-likeness (QED) is 0.477. The normalized spacial score (nSPS) is 14.6. The summed E-state index contributed by atoms with van der Waals surface area (Å²) in [5.41, 5.74) is 8.86. The molecule has 5 nitrogen and oxygen atoms in total. The van der Waals surface area contributed by atoms with Gasteiger partial charge in [-0.15, -0.1) is 0 Å². The molecule has 0 unspecified atom stereocenters. The zero-order valence-corrected chi connectivity index (χ0v) is 19.6. The maximum absolute atomic E-state index is 13.9. The molecule has 0 bridgehead atoms. The Kier molecular flexibility index (Phi) is 7.94. The number of alkyl halides is 3. The highest BCUT2D eigenvalue weighted by molar-refractivity contribution is 6.05. The summed E-state index contributed by atoms with van der Waals surface area (Å²) in [5.74, 6) is 0.376. The fraction of sp³-hybridized carbons (Fsp3) is 0.308. The predicted octanol–water partition coefficient (Wildman–Crippen LogP) is 5.50. The molecule has 2 aromatic rings. The van der Waals surface area contributed by atoms with Crippen molar-refractivity contribution < 1.29 is 13.2 Å². The van der Waals surface area contributed by atoms with Crippen LogP contribution in [0.2, 0.25) is 0 Å². The van der Waals surface area contributed by atoms with Gasteiger partial charge in [-0.05, 0) is 48.2 Å². The minimum Gasteiger partial charge on any atom is -0.384 e. The van der Waals surface area contributed by atoms with E-state index in [9.17, 15) is 13.2 Å². The van der Waals surface area contributed by atoms with E-state index in [1.807, 2.05) is 6.92 Å². The molecule has 3 rings (SSSR count). The van der Waals surface area contributed by atoms with Crippen LogP contribution in [0.25, 0.3) is 5.70 Å².